The molecule has 1 atom stereocenters. The number of aromatic nitrogens is 5. The zero-order chi connectivity index (χ0) is 20.7. The van der Waals surface area contributed by atoms with E-state index in [0.717, 1.165) is 22.5 Å². The van der Waals surface area contributed by atoms with Gasteiger partial charge in [0.1, 0.15) is 11.4 Å². The second-order valence-electron chi connectivity index (χ2n) is 6.82. The van der Waals surface area contributed by atoms with E-state index in [9.17, 15) is 8.78 Å². The van der Waals surface area contributed by atoms with Gasteiger partial charge in [0.2, 0.25) is 0 Å². The van der Waals surface area contributed by atoms with Crippen molar-refractivity contribution in [2.45, 2.75) is 26.4 Å². The fourth-order valence-corrected chi connectivity index (χ4v) is 3.18. The van der Waals surface area contributed by atoms with E-state index in [4.69, 9.17) is 10.5 Å². The van der Waals surface area contributed by atoms with E-state index in [0.29, 0.717) is 17.1 Å². The van der Waals surface area contributed by atoms with Gasteiger partial charge < -0.3 is 10.5 Å². The van der Waals surface area contributed by atoms with Gasteiger partial charge in [-0.2, -0.15) is 5.10 Å². The standard InChI is InChI=1S/C20H20F2N6O/c1-11-4-5-13(29-12(2)18(21)22)8-14(11)17-9-24-20-19(23)26-15(10-28(17)20)16-6-7-25-27(16)3/h4-10,12,18H,1-3H3,(H2,23,26). The molecule has 2 N–H and O–H groups in total. The van der Waals surface area contributed by atoms with E-state index in [2.05, 4.69) is 15.1 Å². The monoisotopic (exact) mass is 398 g/mol. The number of halogens is 2. The van der Waals surface area contributed by atoms with Crippen molar-refractivity contribution in [2.24, 2.45) is 7.05 Å². The number of anilines is 1. The first kappa shape index (κ1) is 18.9. The molecule has 4 aromatic rings. The lowest BCUT2D eigenvalue weighted by atomic mass is 10.1. The predicted octanol–water partition coefficient (Wildman–Crippen LogP) is 3.72. The summed E-state index contributed by atoms with van der Waals surface area (Å²) in [6.45, 7) is 3.27. The first-order valence-corrected chi connectivity index (χ1v) is 9.03. The van der Waals surface area contributed by atoms with Crippen LogP contribution in [0.15, 0.2) is 42.9 Å². The molecule has 0 saturated carbocycles. The Morgan fingerprint density at radius 2 is 1.97 bits per heavy atom. The summed E-state index contributed by atoms with van der Waals surface area (Å²) in [4.78, 5) is 8.83. The topological polar surface area (TPSA) is 83.3 Å². The summed E-state index contributed by atoms with van der Waals surface area (Å²) in [7, 11) is 1.82. The number of alkyl halides is 2. The minimum absolute atomic E-state index is 0.284. The first-order chi connectivity index (χ1) is 13.8. The highest BCUT2D eigenvalue weighted by molar-refractivity contribution is 5.74. The Bertz CT molecular complexity index is 1180. The summed E-state index contributed by atoms with van der Waals surface area (Å²) in [5, 5.41) is 4.17. The SMILES string of the molecule is Cc1ccc(OC(C)C(F)F)cc1-c1cnc2c(N)nc(-c3ccnn3C)cn12. The molecule has 1 unspecified atom stereocenters. The molecule has 0 amide bonds. The molecule has 0 fully saturated rings. The molecule has 3 aromatic heterocycles. The van der Waals surface area contributed by atoms with Crippen LogP contribution in [0, 0.1) is 6.92 Å². The number of hydrogen-bond donors (Lipinski definition) is 1. The van der Waals surface area contributed by atoms with Crippen LogP contribution in [0.1, 0.15) is 12.5 Å². The number of imidazole rings is 1. The lowest BCUT2D eigenvalue weighted by Gasteiger charge is -2.15. The number of benzene rings is 1. The van der Waals surface area contributed by atoms with Crippen LogP contribution >= 0.6 is 0 Å². The molecule has 3 heterocycles. The molecular formula is C20H20F2N6O. The van der Waals surface area contributed by atoms with Crippen molar-refractivity contribution in [1.82, 2.24) is 24.1 Å². The van der Waals surface area contributed by atoms with Gasteiger partial charge in [0.25, 0.3) is 6.43 Å². The summed E-state index contributed by atoms with van der Waals surface area (Å²) in [5.74, 6) is 0.647. The van der Waals surface area contributed by atoms with E-state index >= 15 is 0 Å². The van der Waals surface area contributed by atoms with Gasteiger partial charge in [-0.05, 0) is 37.6 Å². The van der Waals surface area contributed by atoms with Crippen molar-refractivity contribution in [3.8, 4) is 28.4 Å². The Balaban J connectivity index is 1.84. The first-order valence-electron chi connectivity index (χ1n) is 9.03. The summed E-state index contributed by atoms with van der Waals surface area (Å²) in [5.41, 5.74) is 10.6. The number of fused-ring (bicyclic) bond motifs is 1. The molecule has 4 rings (SSSR count). The Morgan fingerprint density at radius 1 is 1.17 bits per heavy atom. The number of nitrogens with two attached hydrogens (primary N) is 1. The van der Waals surface area contributed by atoms with Crippen LogP contribution in [0.3, 0.4) is 0 Å². The maximum Gasteiger partial charge on any atom is 0.274 e. The third-order valence-electron chi connectivity index (χ3n) is 4.76. The Hall–Kier alpha value is -3.49. The van der Waals surface area contributed by atoms with Crippen molar-refractivity contribution in [3.05, 3.63) is 48.4 Å². The number of aryl methyl sites for hydroxylation is 2. The quantitative estimate of drug-likeness (QED) is 0.554. The van der Waals surface area contributed by atoms with Gasteiger partial charge in [0, 0.05) is 25.0 Å². The van der Waals surface area contributed by atoms with Gasteiger partial charge in [-0.25, -0.2) is 18.7 Å². The third kappa shape index (κ3) is 3.39. The third-order valence-corrected chi connectivity index (χ3v) is 4.76. The van der Waals surface area contributed by atoms with E-state index in [-0.39, 0.29) is 5.82 Å². The van der Waals surface area contributed by atoms with E-state index in [1.54, 1.807) is 29.2 Å². The van der Waals surface area contributed by atoms with Crippen LogP contribution in [-0.4, -0.2) is 36.7 Å². The number of nitrogens with zero attached hydrogens (tertiary/aromatic N) is 5. The van der Waals surface area contributed by atoms with Crippen LogP contribution in [-0.2, 0) is 7.05 Å². The average Bonchev–Trinajstić information content (AvgIpc) is 3.29. The predicted molar refractivity (Wildman–Crippen MR) is 106 cm³/mol. The Morgan fingerprint density at radius 3 is 2.66 bits per heavy atom. The summed E-state index contributed by atoms with van der Waals surface area (Å²) >= 11 is 0. The molecule has 0 aliphatic rings. The maximum absolute atomic E-state index is 12.9. The molecule has 7 nitrogen and oxygen atoms in total. The molecule has 1 aromatic carbocycles. The van der Waals surface area contributed by atoms with Crippen LogP contribution in [0.5, 0.6) is 5.75 Å². The molecule has 0 aliphatic heterocycles. The molecule has 0 spiro atoms. The van der Waals surface area contributed by atoms with E-state index < -0.39 is 12.5 Å². The van der Waals surface area contributed by atoms with Crippen molar-refractivity contribution in [2.75, 3.05) is 5.73 Å². The van der Waals surface area contributed by atoms with Crippen molar-refractivity contribution >= 4 is 11.5 Å². The lowest BCUT2D eigenvalue weighted by molar-refractivity contribution is 0.0226. The normalized spacial score (nSPS) is 12.6. The smallest absolute Gasteiger partial charge is 0.274 e. The van der Waals surface area contributed by atoms with E-state index in [1.165, 1.54) is 6.92 Å². The van der Waals surface area contributed by atoms with Gasteiger partial charge in [0.15, 0.2) is 17.6 Å². The Labute approximate surface area is 165 Å². The number of nitrogen functional groups attached to an aromatic ring is 1. The fraction of sp³-hybridized carbons (Fsp3) is 0.250. The molecule has 0 bridgehead atoms. The molecular weight excluding hydrogens is 378 g/mol. The van der Waals surface area contributed by atoms with Crippen LogP contribution in [0.25, 0.3) is 28.3 Å². The number of ether oxygens (including phenoxy) is 1. The maximum atomic E-state index is 12.9. The van der Waals surface area contributed by atoms with Crippen molar-refractivity contribution < 1.29 is 13.5 Å². The van der Waals surface area contributed by atoms with Gasteiger partial charge in [-0.1, -0.05) is 6.07 Å². The zero-order valence-electron chi connectivity index (χ0n) is 16.2. The molecule has 0 aliphatic carbocycles. The number of hydrogen-bond acceptors (Lipinski definition) is 5. The van der Waals surface area contributed by atoms with Crippen molar-refractivity contribution in [1.29, 1.82) is 0 Å². The van der Waals surface area contributed by atoms with Crippen molar-refractivity contribution in [3.63, 3.8) is 0 Å². The second kappa shape index (κ2) is 7.16. The minimum Gasteiger partial charge on any atom is -0.485 e. The molecule has 0 radical (unpaired) electrons. The second-order valence-corrected chi connectivity index (χ2v) is 6.82. The fourth-order valence-electron chi connectivity index (χ4n) is 3.18. The van der Waals surface area contributed by atoms with Gasteiger partial charge in [0.05, 0.1) is 17.6 Å². The van der Waals surface area contributed by atoms with Crippen LogP contribution in [0.4, 0.5) is 14.6 Å². The zero-order valence-corrected chi connectivity index (χ0v) is 16.2. The van der Waals surface area contributed by atoms with E-state index in [1.807, 2.05) is 36.7 Å². The molecule has 0 saturated heterocycles. The Kier molecular flexibility index (Phi) is 4.65. The number of rotatable bonds is 5. The summed E-state index contributed by atoms with van der Waals surface area (Å²) in [6.07, 6.45) is 1.43. The molecule has 9 heteroatoms. The summed E-state index contributed by atoms with van der Waals surface area (Å²) < 4.78 is 34.6. The van der Waals surface area contributed by atoms with Gasteiger partial charge in [-0.15, -0.1) is 0 Å². The molecule has 150 valence electrons. The van der Waals surface area contributed by atoms with Gasteiger partial charge >= 0.3 is 0 Å². The summed E-state index contributed by atoms with van der Waals surface area (Å²) in [6, 6.07) is 7.08. The van der Waals surface area contributed by atoms with Crippen LogP contribution in [0.2, 0.25) is 0 Å². The van der Waals surface area contributed by atoms with Crippen LogP contribution < -0.4 is 10.5 Å². The van der Waals surface area contributed by atoms with Gasteiger partial charge in [-0.3, -0.25) is 9.08 Å². The largest absolute Gasteiger partial charge is 0.485 e. The lowest BCUT2D eigenvalue weighted by Crippen LogP contribution is -2.21. The average molecular weight is 398 g/mol. The minimum atomic E-state index is -2.57. The molecule has 29 heavy (non-hydrogen) atoms. The highest BCUT2D eigenvalue weighted by Gasteiger charge is 2.18. The highest BCUT2D eigenvalue weighted by atomic mass is 19.3. The highest BCUT2D eigenvalue weighted by Crippen LogP contribution is 2.31.